The number of carbonyl (C=O) groups excluding carboxylic acids is 2. The van der Waals surface area contributed by atoms with Crippen molar-refractivity contribution in [3.8, 4) is 0 Å². The Morgan fingerprint density at radius 2 is 2.08 bits per heavy atom. The third-order valence-corrected chi connectivity index (χ3v) is 1.19. The molecule has 70 valence electrons. The zero-order chi connectivity index (χ0) is 9.56. The van der Waals surface area contributed by atoms with Gasteiger partial charge in [-0.1, -0.05) is 6.92 Å². The molecule has 12 heavy (non-hydrogen) atoms. The Hall–Kier alpha value is -0.940. The van der Waals surface area contributed by atoms with Crippen molar-refractivity contribution in [3.05, 3.63) is 0 Å². The number of rotatable bonds is 4. The van der Waals surface area contributed by atoms with Crippen LogP contribution in [0.1, 0.15) is 19.8 Å². The Morgan fingerprint density at radius 1 is 1.50 bits per heavy atom. The van der Waals surface area contributed by atoms with E-state index in [0.717, 1.165) is 0 Å². The first-order valence-electron chi connectivity index (χ1n) is 3.71. The van der Waals surface area contributed by atoms with E-state index in [1.165, 1.54) is 0 Å². The molecule has 0 bridgehead atoms. The van der Waals surface area contributed by atoms with Crippen LogP contribution in [0.25, 0.3) is 0 Å². The maximum Gasteiger partial charge on any atom is 0.316 e. The van der Waals surface area contributed by atoms with E-state index in [1.807, 2.05) is 0 Å². The van der Waals surface area contributed by atoms with E-state index in [4.69, 9.17) is 10.8 Å². The number of hydrogen-bond donors (Lipinski definition) is 2. The number of hydrogen-bond acceptors (Lipinski definition) is 5. The largest absolute Gasteiger partial charge is 0.393 e. The van der Waals surface area contributed by atoms with Gasteiger partial charge < -0.3 is 15.6 Å². The van der Waals surface area contributed by atoms with Crippen LogP contribution in [0.15, 0.2) is 0 Å². The van der Waals surface area contributed by atoms with E-state index >= 15 is 0 Å². The maximum atomic E-state index is 10.7. The van der Waals surface area contributed by atoms with Crippen LogP contribution in [-0.2, 0) is 14.3 Å². The highest BCUT2D eigenvalue weighted by molar-refractivity contribution is 5.85. The lowest BCUT2D eigenvalue weighted by Crippen LogP contribution is -2.25. The minimum atomic E-state index is -0.929. The second kappa shape index (κ2) is 5.68. The van der Waals surface area contributed by atoms with Crippen molar-refractivity contribution < 1.29 is 19.4 Å². The summed E-state index contributed by atoms with van der Waals surface area (Å²) in [5.74, 6) is -1.33. The number of carbonyl (C=O) groups is 2. The van der Waals surface area contributed by atoms with Gasteiger partial charge in [-0.2, -0.15) is 0 Å². The van der Waals surface area contributed by atoms with E-state index < -0.39 is 18.0 Å². The number of esters is 2. The van der Waals surface area contributed by atoms with Crippen LogP contribution in [0.5, 0.6) is 0 Å². The third-order valence-electron chi connectivity index (χ3n) is 1.19. The fourth-order valence-electron chi connectivity index (χ4n) is 0.517. The van der Waals surface area contributed by atoms with Crippen molar-refractivity contribution in [2.45, 2.75) is 25.9 Å². The monoisotopic (exact) mass is 175 g/mol. The number of nitrogens with two attached hydrogens (primary N) is 1. The normalized spacial score (nSPS) is 12.2. The van der Waals surface area contributed by atoms with Crippen molar-refractivity contribution in [1.29, 1.82) is 0 Å². The highest BCUT2D eigenvalue weighted by Crippen LogP contribution is 1.94. The molecule has 0 aromatic heterocycles. The van der Waals surface area contributed by atoms with Crippen molar-refractivity contribution in [1.82, 2.24) is 0 Å². The molecule has 0 aliphatic heterocycles. The molecule has 0 saturated carbocycles. The van der Waals surface area contributed by atoms with E-state index in [1.54, 1.807) is 6.92 Å². The van der Waals surface area contributed by atoms with Gasteiger partial charge in [-0.3, -0.25) is 9.59 Å². The molecule has 0 heterocycles. The minimum absolute atomic E-state index is 0.0184. The Kier molecular flexibility index (Phi) is 5.23. The van der Waals surface area contributed by atoms with Crippen LogP contribution < -0.4 is 5.73 Å². The predicted molar refractivity (Wildman–Crippen MR) is 41.1 cm³/mol. The fourth-order valence-corrected chi connectivity index (χ4v) is 0.517. The van der Waals surface area contributed by atoms with Gasteiger partial charge in [-0.15, -0.1) is 0 Å². The van der Waals surface area contributed by atoms with E-state index in [2.05, 4.69) is 4.74 Å². The second-order valence-corrected chi connectivity index (χ2v) is 2.29. The number of aliphatic hydroxyl groups excluding tert-OH is 1. The molecule has 0 saturated heterocycles. The lowest BCUT2D eigenvalue weighted by Gasteiger charge is -2.05. The zero-order valence-electron chi connectivity index (χ0n) is 6.95. The van der Waals surface area contributed by atoms with Crippen LogP contribution in [0.2, 0.25) is 0 Å². The molecule has 0 aromatic carbocycles. The van der Waals surface area contributed by atoms with Crippen LogP contribution in [0.3, 0.4) is 0 Å². The molecule has 0 fully saturated rings. The van der Waals surface area contributed by atoms with Gasteiger partial charge >= 0.3 is 11.9 Å². The molecule has 5 heteroatoms. The molecular formula is C7H13NO4. The average Bonchev–Trinajstić information content (AvgIpc) is 2.03. The van der Waals surface area contributed by atoms with Crippen molar-refractivity contribution in [2.75, 3.05) is 6.54 Å². The molecule has 0 amide bonds. The Balaban J connectivity index is 3.66. The molecular weight excluding hydrogens is 162 g/mol. The molecule has 1 unspecified atom stereocenters. The van der Waals surface area contributed by atoms with Crippen LogP contribution in [0.4, 0.5) is 0 Å². The highest BCUT2D eigenvalue weighted by atomic mass is 16.6. The lowest BCUT2D eigenvalue weighted by molar-refractivity contribution is -0.160. The first-order valence-corrected chi connectivity index (χ1v) is 3.71. The van der Waals surface area contributed by atoms with Gasteiger partial charge in [-0.25, -0.2) is 0 Å². The molecule has 0 rings (SSSR count). The Bertz CT molecular complexity index is 169. The summed E-state index contributed by atoms with van der Waals surface area (Å²) < 4.78 is 4.28. The maximum absolute atomic E-state index is 10.7. The number of ether oxygens (including phenoxy) is 1. The first kappa shape index (κ1) is 11.1. The lowest BCUT2D eigenvalue weighted by atomic mass is 10.2. The molecule has 1 atom stereocenters. The van der Waals surface area contributed by atoms with E-state index in [0.29, 0.717) is 0 Å². The predicted octanol–water partition coefficient (Wildman–Crippen LogP) is -0.824. The molecule has 0 spiro atoms. The van der Waals surface area contributed by atoms with Crippen LogP contribution in [-0.4, -0.2) is 29.7 Å². The molecule has 3 N–H and O–H groups in total. The van der Waals surface area contributed by atoms with Gasteiger partial charge in [0.1, 0.15) is 0 Å². The molecule has 0 aliphatic carbocycles. The van der Waals surface area contributed by atoms with Crippen molar-refractivity contribution in [2.24, 2.45) is 5.73 Å². The molecule has 0 radical (unpaired) electrons. The summed E-state index contributed by atoms with van der Waals surface area (Å²) in [6.45, 7) is 1.56. The topological polar surface area (TPSA) is 89.6 Å². The van der Waals surface area contributed by atoms with Gasteiger partial charge in [0.15, 0.2) is 0 Å². The SMILES string of the molecule is CCC(=O)OC(=O)CC(O)CN. The summed E-state index contributed by atoms with van der Waals surface area (Å²) >= 11 is 0. The summed E-state index contributed by atoms with van der Waals surface area (Å²) in [7, 11) is 0. The fraction of sp³-hybridized carbons (Fsp3) is 0.714. The summed E-state index contributed by atoms with van der Waals surface area (Å²) in [6, 6.07) is 0. The molecule has 5 nitrogen and oxygen atoms in total. The second-order valence-electron chi connectivity index (χ2n) is 2.29. The summed E-state index contributed by atoms with van der Waals surface area (Å²) in [4.78, 5) is 21.3. The van der Waals surface area contributed by atoms with Gasteiger partial charge in [0, 0.05) is 13.0 Å². The summed E-state index contributed by atoms with van der Waals surface area (Å²) in [5, 5.41) is 8.88. The van der Waals surface area contributed by atoms with Crippen LogP contribution >= 0.6 is 0 Å². The zero-order valence-corrected chi connectivity index (χ0v) is 6.95. The van der Waals surface area contributed by atoms with Gasteiger partial charge in [0.25, 0.3) is 0 Å². The highest BCUT2D eigenvalue weighted by Gasteiger charge is 2.12. The van der Waals surface area contributed by atoms with E-state index in [-0.39, 0.29) is 19.4 Å². The first-order chi connectivity index (χ1) is 5.60. The third kappa shape index (κ3) is 4.81. The minimum Gasteiger partial charge on any atom is -0.393 e. The molecule has 0 aliphatic rings. The van der Waals surface area contributed by atoms with Crippen LogP contribution in [0, 0.1) is 0 Å². The number of aliphatic hydroxyl groups is 1. The van der Waals surface area contributed by atoms with Gasteiger partial charge in [0.2, 0.25) is 0 Å². The van der Waals surface area contributed by atoms with Crippen molar-refractivity contribution >= 4 is 11.9 Å². The Morgan fingerprint density at radius 3 is 2.50 bits per heavy atom. The summed E-state index contributed by atoms with van der Waals surface area (Å²) in [5.41, 5.74) is 5.04. The summed E-state index contributed by atoms with van der Waals surface area (Å²) in [6.07, 6.45) is -1.02. The van der Waals surface area contributed by atoms with Gasteiger partial charge in [0.05, 0.1) is 12.5 Å². The van der Waals surface area contributed by atoms with E-state index in [9.17, 15) is 9.59 Å². The van der Waals surface area contributed by atoms with Crippen molar-refractivity contribution in [3.63, 3.8) is 0 Å². The average molecular weight is 175 g/mol. The standard InChI is InChI=1S/C7H13NO4/c1-2-6(10)12-7(11)3-5(9)4-8/h5,9H,2-4,8H2,1H3. The Labute approximate surface area is 70.5 Å². The molecule has 0 aromatic rings. The van der Waals surface area contributed by atoms with Gasteiger partial charge in [-0.05, 0) is 0 Å². The smallest absolute Gasteiger partial charge is 0.316 e. The quantitative estimate of drug-likeness (QED) is 0.430.